The topological polar surface area (TPSA) is 105 Å². The van der Waals surface area contributed by atoms with Gasteiger partial charge in [0.25, 0.3) is 10.0 Å². The molecule has 1 aliphatic rings. The summed E-state index contributed by atoms with van der Waals surface area (Å²) in [4.78, 5) is 28.9. The summed E-state index contributed by atoms with van der Waals surface area (Å²) < 4.78 is 40.0. The molecule has 43 heavy (non-hydrogen) atoms. The van der Waals surface area contributed by atoms with Crippen molar-refractivity contribution >= 4 is 39.1 Å². The van der Waals surface area contributed by atoms with Gasteiger partial charge >= 0.3 is 0 Å². The summed E-state index contributed by atoms with van der Waals surface area (Å²) in [6.07, 6.45) is 3.87. The number of halogens is 1. The number of methoxy groups -OCH3 is 2. The van der Waals surface area contributed by atoms with Crippen molar-refractivity contribution in [3.8, 4) is 11.5 Å². The number of nitrogens with one attached hydrogen (secondary N) is 1. The van der Waals surface area contributed by atoms with Crippen LogP contribution in [0.2, 0.25) is 5.02 Å². The number of hydrogen-bond acceptors (Lipinski definition) is 6. The Morgan fingerprint density at radius 1 is 0.977 bits per heavy atom. The number of sulfonamides is 1. The Morgan fingerprint density at radius 3 is 2.28 bits per heavy atom. The van der Waals surface area contributed by atoms with Gasteiger partial charge in [-0.3, -0.25) is 13.9 Å². The van der Waals surface area contributed by atoms with E-state index in [0.717, 1.165) is 35.6 Å². The fraction of sp³-hybridized carbons (Fsp3) is 0.375. The Morgan fingerprint density at radius 2 is 1.65 bits per heavy atom. The maximum atomic E-state index is 14.2. The number of rotatable bonds is 12. The summed E-state index contributed by atoms with van der Waals surface area (Å²) in [7, 11) is -1.29. The first kappa shape index (κ1) is 32.2. The fourth-order valence-electron chi connectivity index (χ4n) is 5.15. The quantitative estimate of drug-likeness (QED) is 0.291. The molecule has 0 saturated heterocycles. The minimum atomic E-state index is -4.22. The zero-order chi connectivity index (χ0) is 31.1. The molecule has 230 valence electrons. The van der Waals surface area contributed by atoms with Crippen molar-refractivity contribution < 1.29 is 27.5 Å². The maximum absolute atomic E-state index is 14.2. The molecule has 1 unspecified atom stereocenters. The Bertz CT molecular complexity index is 1540. The SMILES string of the molecule is COc1ccc(N(CC(=O)N(Cc2cccc(Cl)c2)C(C)C(=O)NC2CCCC2)S(=O)(=O)c2ccc(C)cc2)cc1OC. The van der Waals surface area contributed by atoms with Crippen molar-refractivity contribution in [2.75, 3.05) is 25.1 Å². The van der Waals surface area contributed by atoms with Crippen LogP contribution in [0.1, 0.15) is 43.7 Å². The molecule has 0 aromatic heterocycles. The van der Waals surface area contributed by atoms with Crippen molar-refractivity contribution in [2.45, 2.75) is 63.1 Å². The van der Waals surface area contributed by atoms with E-state index in [4.69, 9.17) is 21.1 Å². The molecule has 1 atom stereocenters. The Hall–Kier alpha value is -3.76. The lowest BCUT2D eigenvalue weighted by Gasteiger charge is -2.32. The van der Waals surface area contributed by atoms with Gasteiger partial charge in [0.05, 0.1) is 24.8 Å². The Labute approximate surface area is 258 Å². The molecular formula is C32H38ClN3O6S. The lowest BCUT2D eigenvalue weighted by Crippen LogP contribution is -2.52. The van der Waals surface area contributed by atoms with Gasteiger partial charge in [0, 0.05) is 23.7 Å². The second-order valence-corrected chi connectivity index (χ2v) is 13.0. The molecule has 0 spiro atoms. The molecule has 0 heterocycles. The highest BCUT2D eigenvalue weighted by atomic mass is 35.5. The highest BCUT2D eigenvalue weighted by Crippen LogP contribution is 2.34. The molecule has 3 aromatic carbocycles. The number of aryl methyl sites for hydroxylation is 1. The van der Waals surface area contributed by atoms with Crippen LogP contribution in [0.5, 0.6) is 11.5 Å². The highest BCUT2D eigenvalue weighted by Gasteiger charge is 2.33. The van der Waals surface area contributed by atoms with Crippen molar-refractivity contribution in [1.29, 1.82) is 0 Å². The van der Waals surface area contributed by atoms with Gasteiger partial charge in [-0.25, -0.2) is 8.42 Å². The Balaban J connectivity index is 1.73. The van der Waals surface area contributed by atoms with Crippen molar-refractivity contribution in [2.24, 2.45) is 0 Å². The molecule has 4 rings (SSSR count). The van der Waals surface area contributed by atoms with Gasteiger partial charge < -0.3 is 19.7 Å². The molecule has 11 heteroatoms. The van der Waals surface area contributed by atoms with E-state index in [1.54, 1.807) is 49.4 Å². The van der Waals surface area contributed by atoms with E-state index >= 15 is 0 Å². The van der Waals surface area contributed by atoms with Gasteiger partial charge in [-0.1, -0.05) is 54.3 Å². The first-order valence-electron chi connectivity index (χ1n) is 14.2. The van der Waals surface area contributed by atoms with Gasteiger partial charge in [-0.15, -0.1) is 0 Å². The lowest BCUT2D eigenvalue weighted by molar-refractivity contribution is -0.139. The van der Waals surface area contributed by atoms with E-state index in [2.05, 4.69) is 5.32 Å². The second-order valence-electron chi connectivity index (χ2n) is 10.7. The zero-order valence-electron chi connectivity index (χ0n) is 24.9. The molecule has 1 fully saturated rings. The summed E-state index contributed by atoms with van der Waals surface area (Å²) in [5.74, 6) is -0.137. The molecule has 1 saturated carbocycles. The van der Waals surface area contributed by atoms with E-state index in [1.807, 2.05) is 13.0 Å². The third kappa shape index (κ3) is 7.80. The van der Waals surface area contributed by atoms with E-state index in [1.165, 1.54) is 37.3 Å². The second kappa shape index (κ2) is 14.1. The van der Waals surface area contributed by atoms with E-state index in [9.17, 15) is 18.0 Å². The molecule has 1 aliphatic carbocycles. The van der Waals surface area contributed by atoms with Gasteiger partial charge in [0.2, 0.25) is 11.8 Å². The van der Waals surface area contributed by atoms with Crippen molar-refractivity contribution in [1.82, 2.24) is 10.2 Å². The van der Waals surface area contributed by atoms with E-state index in [0.29, 0.717) is 22.1 Å². The fourth-order valence-corrected chi connectivity index (χ4v) is 6.77. The molecular weight excluding hydrogens is 590 g/mol. The van der Waals surface area contributed by atoms with Gasteiger partial charge in [0.15, 0.2) is 11.5 Å². The van der Waals surface area contributed by atoms with Crippen LogP contribution in [-0.4, -0.2) is 58.0 Å². The van der Waals surface area contributed by atoms with Crippen LogP contribution >= 0.6 is 11.6 Å². The molecule has 0 radical (unpaired) electrons. The monoisotopic (exact) mass is 627 g/mol. The smallest absolute Gasteiger partial charge is 0.264 e. The number of ether oxygens (including phenoxy) is 2. The van der Waals surface area contributed by atoms with Crippen LogP contribution in [0.3, 0.4) is 0 Å². The van der Waals surface area contributed by atoms with Crippen molar-refractivity contribution in [3.05, 3.63) is 82.9 Å². The number of carbonyl (C=O) groups is 2. The number of nitrogens with zero attached hydrogens (tertiary/aromatic N) is 2. The highest BCUT2D eigenvalue weighted by molar-refractivity contribution is 7.92. The maximum Gasteiger partial charge on any atom is 0.264 e. The average Bonchev–Trinajstić information content (AvgIpc) is 3.51. The number of hydrogen-bond donors (Lipinski definition) is 1. The number of carbonyl (C=O) groups excluding carboxylic acids is 2. The average molecular weight is 628 g/mol. The zero-order valence-corrected chi connectivity index (χ0v) is 26.5. The van der Waals surface area contributed by atoms with Crippen LogP contribution in [0.4, 0.5) is 5.69 Å². The van der Waals surface area contributed by atoms with Crippen molar-refractivity contribution in [3.63, 3.8) is 0 Å². The van der Waals surface area contributed by atoms with Crippen LogP contribution < -0.4 is 19.1 Å². The van der Waals surface area contributed by atoms with Gasteiger partial charge in [0.1, 0.15) is 12.6 Å². The summed E-state index contributed by atoms with van der Waals surface area (Å²) in [5.41, 5.74) is 1.81. The minimum Gasteiger partial charge on any atom is -0.493 e. The predicted molar refractivity (Wildman–Crippen MR) is 167 cm³/mol. The first-order valence-corrected chi connectivity index (χ1v) is 16.0. The van der Waals surface area contributed by atoms with Gasteiger partial charge in [-0.2, -0.15) is 0 Å². The van der Waals surface area contributed by atoms with Gasteiger partial charge in [-0.05, 0) is 68.7 Å². The number of anilines is 1. The summed E-state index contributed by atoms with van der Waals surface area (Å²) in [5, 5.41) is 3.55. The van der Waals surface area contributed by atoms with Crippen LogP contribution in [-0.2, 0) is 26.2 Å². The molecule has 3 aromatic rings. The lowest BCUT2D eigenvalue weighted by atomic mass is 10.1. The van der Waals surface area contributed by atoms with E-state index in [-0.39, 0.29) is 29.1 Å². The van der Waals surface area contributed by atoms with Crippen LogP contribution in [0.15, 0.2) is 71.6 Å². The largest absolute Gasteiger partial charge is 0.493 e. The molecule has 9 nitrogen and oxygen atoms in total. The third-order valence-corrected chi connectivity index (χ3v) is 9.68. The summed E-state index contributed by atoms with van der Waals surface area (Å²) in [6.45, 7) is 3.01. The predicted octanol–water partition coefficient (Wildman–Crippen LogP) is 5.34. The van der Waals surface area contributed by atoms with E-state index < -0.39 is 28.5 Å². The molecule has 1 N–H and O–H groups in total. The minimum absolute atomic E-state index is 0.0223. The summed E-state index contributed by atoms with van der Waals surface area (Å²) in [6, 6.07) is 17.2. The number of amides is 2. The van der Waals surface area contributed by atoms with Crippen LogP contribution in [0.25, 0.3) is 0 Å². The van der Waals surface area contributed by atoms with Crippen LogP contribution in [0, 0.1) is 6.92 Å². The standard InChI is InChI=1S/C32H38ClN3O6S/c1-22-12-15-28(16-13-22)43(39,40)36(27-14-17-29(41-3)30(19-27)42-4)21-31(37)35(20-24-8-7-9-25(33)18-24)23(2)32(38)34-26-10-5-6-11-26/h7-9,12-19,23,26H,5-6,10-11,20-21H2,1-4H3,(H,34,38). The molecule has 0 bridgehead atoms. The third-order valence-electron chi connectivity index (χ3n) is 7.65. The molecule has 2 amide bonds. The summed E-state index contributed by atoms with van der Waals surface area (Å²) >= 11 is 6.23. The number of benzene rings is 3. The normalized spacial score (nSPS) is 14.2. The first-order chi connectivity index (χ1) is 20.5. The molecule has 0 aliphatic heterocycles. The Kier molecular flexibility index (Phi) is 10.6.